The fourth-order valence-electron chi connectivity index (χ4n) is 2.79. The molecule has 0 saturated heterocycles. The topological polar surface area (TPSA) is 76.7 Å². The van der Waals surface area contributed by atoms with Crippen LogP contribution in [0, 0.1) is 6.92 Å². The maximum absolute atomic E-state index is 12.6. The van der Waals surface area contributed by atoms with Crippen LogP contribution in [0.2, 0.25) is 0 Å². The molecule has 6 nitrogen and oxygen atoms in total. The predicted molar refractivity (Wildman–Crippen MR) is 115 cm³/mol. The van der Waals surface area contributed by atoms with Gasteiger partial charge >= 0.3 is 0 Å². The summed E-state index contributed by atoms with van der Waals surface area (Å²) in [6, 6.07) is 12.8. The quantitative estimate of drug-likeness (QED) is 0.722. The second-order valence-corrected chi connectivity index (χ2v) is 7.39. The van der Waals surface area contributed by atoms with Crippen molar-refractivity contribution in [1.82, 2.24) is 5.32 Å². The molecule has 2 amide bonds. The van der Waals surface area contributed by atoms with Crippen molar-refractivity contribution in [2.75, 3.05) is 24.3 Å². The van der Waals surface area contributed by atoms with Crippen LogP contribution in [0.1, 0.15) is 28.4 Å². The Balaban J connectivity index is 1.68. The van der Waals surface area contributed by atoms with Crippen molar-refractivity contribution in [3.05, 3.63) is 70.3 Å². The molecule has 0 unspecified atom stereocenters. The number of benzene rings is 2. The Morgan fingerprint density at radius 1 is 1.17 bits per heavy atom. The van der Waals surface area contributed by atoms with Gasteiger partial charge in [-0.2, -0.15) is 0 Å². The molecule has 152 valence electrons. The number of amides is 2. The number of hydrogen-bond acceptors (Lipinski definition) is 5. The van der Waals surface area contributed by atoms with Gasteiger partial charge in [-0.25, -0.2) is 0 Å². The maximum atomic E-state index is 12.6. The van der Waals surface area contributed by atoms with Crippen LogP contribution in [-0.2, 0) is 16.1 Å². The summed E-state index contributed by atoms with van der Waals surface area (Å²) in [5.41, 5.74) is 2.81. The highest BCUT2D eigenvalue weighted by Gasteiger charge is 2.16. The fourth-order valence-corrected chi connectivity index (χ4v) is 3.42. The van der Waals surface area contributed by atoms with E-state index in [1.54, 1.807) is 29.3 Å². The minimum Gasteiger partial charge on any atom is -0.494 e. The number of hydrogen-bond donors (Lipinski definition) is 2. The van der Waals surface area contributed by atoms with E-state index < -0.39 is 0 Å². The Morgan fingerprint density at radius 3 is 2.76 bits per heavy atom. The minimum absolute atomic E-state index is 0.226. The molecule has 0 bridgehead atoms. The van der Waals surface area contributed by atoms with Crippen molar-refractivity contribution in [2.45, 2.75) is 20.4 Å². The number of carbonyl (C=O) groups excluding carboxylic acids is 2. The SMILES string of the molecule is CCOc1ccccc1CNC(=O)c1ccc(C)c(NC(=O)C2=CSCCO2)c1. The lowest BCUT2D eigenvalue weighted by Crippen LogP contribution is -2.24. The molecule has 2 N–H and O–H groups in total. The van der Waals surface area contributed by atoms with Gasteiger partial charge in [0.05, 0.1) is 13.2 Å². The molecule has 0 atom stereocenters. The van der Waals surface area contributed by atoms with Crippen LogP contribution >= 0.6 is 11.8 Å². The number of ether oxygens (including phenoxy) is 2. The first-order chi connectivity index (χ1) is 14.1. The zero-order valence-electron chi connectivity index (χ0n) is 16.5. The molecule has 0 aromatic heterocycles. The fraction of sp³-hybridized carbons (Fsp3) is 0.273. The van der Waals surface area contributed by atoms with E-state index in [0.717, 1.165) is 22.6 Å². The molecule has 2 aromatic carbocycles. The summed E-state index contributed by atoms with van der Waals surface area (Å²) >= 11 is 1.54. The van der Waals surface area contributed by atoms with E-state index >= 15 is 0 Å². The number of para-hydroxylation sites is 1. The number of rotatable bonds is 7. The molecular formula is C22H24N2O4S. The normalized spacial score (nSPS) is 13.1. The third kappa shape index (κ3) is 5.54. The molecule has 0 aliphatic carbocycles. The van der Waals surface area contributed by atoms with Crippen LogP contribution in [0.5, 0.6) is 5.75 Å². The maximum Gasteiger partial charge on any atom is 0.291 e. The van der Waals surface area contributed by atoms with Crippen LogP contribution in [0.25, 0.3) is 0 Å². The van der Waals surface area contributed by atoms with Crippen molar-refractivity contribution in [3.8, 4) is 5.75 Å². The van der Waals surface area contributed by atoms with Crippen molar-refractivity contribution >= 4 is 29.3 Å². The minimum atomic E-state index is -0.316. The standard InChI is InChI=1S/C22H24N2O4S/c1-3-27-19-7-5-4-6-17(19)13-23-21(25)16-9-8-15(2)18(12-16)24-22(26)20-14-29-11-10-28-20/h4-9,12,14H,3,10-11,13H2,1-2H3,(H,23,25)(H,24,26). The lowest BCUT2D eigenvalue weighted by Gasteiger charge is -2.16. The first-order valence-corrected chi connectivity index (χ1v) is 10.5. The largest absolute Gasteiger partial charge is 0.494 e. The summed E-state index contributed by atoms with van der Waals surface area (Å²) < 4.78 is 11.0. The second kappa shape index (κ2) is 10.0. The van der Waals surface area contributed by atoms with Crippen molar-refractivity contribution < 1.29 is 19.1 Å². The zero-order valence-corrected chi connectivity index (χ0v) is 17.3. The Morgan fingerprint density at radius 2 is 2.00 bits per heavy atom. The highest BCUT2D eigenvalue weighted by atomic mass is 32.2. The number of nitrogens with one attached hydrogen (secondary N) is 2. The molecule has 1 aliphatic rings. The van der Waals surface area contributed by atoms with E-state index in [1.165, 1.54) is 0 Å². The molecule has 0 fully saturated rings. The molecule has 1 aliphatic heterocycles. The van der Waals surface area contributed by atoms with Gasteiger partial charge in [0.15, 0.2) is 5.76 Å². The summed E-state index contributed by atoms with van der Waals surface area (Å²) in [4.78, 5) is 25.0. The molecule has 3 rings (SSSR count). The van der Waals surface area contributed by atoms with Gasteiger partial charge in [0, 0.05) is 34.5 Å². The van der Waals surface area contributed by atoms with Crippen molar-refractivity contribution in [3.63, 3.8) is 0 Å². The summed E-state index contributed by atoms with van der Waals surface area (Å²) in [7, 11) is 0. The summed E-state index contributed by atoms with van der Waals surface area (Å²) in [5, 5.41) is 7.44. The molecule has 2 aromatic rings. The van der Waals surface area contributed by atoms with Crippen molar-refractivity contribution in [2.24, 2.45) is 0 Å². The predicted octanol–water partition coefficient (Wildman–Crippen LogP) is 3.87. The van der Waals surface area contributed by atoms with Crippen LogP contribution < -0.4 is 15.4 Å². The zero-order chi connectivity index (χ0) is 20.6. The van der Waals surface area contributed by atoms with Crippen LogP contribution in [0.3, 0.4) is 0 Å². The molecule has 0 radical (unpaired) electrons. The Labute approximate surface area is 174 Å². The molecule has 29 heavy (non-hydrogen) atoms. The van der Waals surface area contributed by atoms with Gasteiger partial charge in [-0.1, -0.05) is 24.3 Å². The average Bonchev–Trinajstić information content (AvgIpc) is 2.75. The lowest BCUT2D eigenvalue weighted by atomic mass is 10.1. The summed E-state index contributed by atoms with van der Waals surface area (Å²) in [6.07, 6.45) is 0. The monoisotopic (exact) mass is 412 g/mol. The number of thioether (sulfide) groups is 1. The van der Waals surface area contributed by atoms with Crippen molar-refractivity contribution in [1.29, 1.82) is 0 Å². The highest BCUT2D eigenvalue weighted by molar-refractivity contribution is 8.02. The molecule has 1 heterocycles. The Kier molecular flexibility index (Phi) is 7.19. The number of anilines is 1. The summed E-state index contributed by atoms with van der Waals surface area (Å²) in [5.74, 6) is 1.34. The van der Waals surface area contributed by atoms with Crippen LogP contribution in [0.15, 0.2) is 53.6 Å². The average molecular weight is 413 g/mol. The molecule has 0 spiro atoms. The molecule has 7 heteroatoms. The third-order valence-corrected chi connectivity index (χ3v) is 5.12. The van der Waals surface area contributed by atoms with Gasteiger partial charge in [0.1, 0.15) is 5.75 Å². The Bertz CT molecular complexity index is 927. The van der Waals surface area contributed by atoms with Gasteiger partial charge in [-0.15, -0.1) is 11.8 Å². The lowest BCUT2D eigenvalue weighted by molar-refractivity contribution is -0.116. The van der Waals surface area contributed by atoms with Crippen LogP contribution in [-0.4, -0.2) is 30.8 Å². The number of aryl methyl sites for hydroxylation is 1. The number of carbonyl (C=O) groups is 2. The van der Waals surface area contributed by atoms with E-state index in [0.29, 0.717) is 36.8 Å². The third-order valence-electron chi connectivity index (χ3n) is 4.33. The van der Waals surface area contributed by atoms with E-state index in [9.17, 15) is 9.59 Å². The smallest absolute Gasteiger partial charge is 0.291 e. The van der Waals surface area contributed by atoms with Gasteiger partial charge < -0.3 is 20.1 Å². The second-order valence-electron chi connectivity index (χ2n) is 6.41. The van der Waals surface area contributed by atoms with E-state index in [4.69, 9.17) is 9.47 Å². The van der Waals surface area contributed by atoms with E-state index in [-0.39, 0.29) is 11.8 Å². The summed E-state index contributed by atoms with van der Waals surface area (Å²) in [6.45, 7) is 5.22. The Hall–Kier alpha value is -2.93. The van der Waals surface area contributed by atoms with Gasteiger partial charge in [0.25, 0.3) is 11.8 Å². The first kappa shape index (κ1) is 20.8. The van der Waals surface area contributed by atoms with Gasteiger partial charge in [0.2, 0.25) is 0 Å². The molecular weight excluding hydrogens is 388 g/mol. The van der Waals surface area contributed by atoms with Crippen LogP contribution in [0.4, 0.5) is 5.69 Å². The first-order valence-electron chi connectivity index (χ1n) is 9.44. The molecule has 0 saturated carbocycles. The van der Waals surface area contributed by atoms with E-state index in [1.807, 2.05) is 44.2 Å². The van der Waals surface area contributed by atoms with Gasteiger partial charge in [-0.3, -0.25) is 9.59 Å². The van der Waals surface area contributed by atoms with E-state index in [2.05, 4.69) is 10.6 Å². The van der Waals surface area contributed by atoms with Gasteiger partial charge in [-0.05, 0) is 37.6 Å². The highest BCUT2D eigenvalue weighted by Crippen LogP contribution is 2.21.